The van der Waals surface area contributed by atoms with Gasteiger partial charge in [-0.2, -0.15) is 0 Å². The first-order valence-corrected chi connectivity index (χ1v) is 4.00. The maximum absolute atomic E-state index is 5.89. The Kier molecular flexibility index (Phi) is 1.54. The summed E-state index contributed by atoms with van der Waals surface area (Å²) in [6.07, 6.45) is 1.73. The van der Waals surface area contributed by atoms with Crippen molar-refractivity contribution in [3.63, 3.8) is 0 Å². The van der Waals surface area contributed by atoms with E-state index in [1.54, 1.807) is 6.33 Å². The molecule has 12 heavy (non-hydrogen) atoms. The van der Waals surface area contributed by atoms with Crippen LogP contribution in [0, 0.1) is 6.92 Å². The molecule has 0 aliphatic rings. The fourth-order valence-electron chi connectivity index (χ4n) is 1.21. The van der Waals surface area contributed by atoms with Crippen molar-refractivity contribution < 1.29 is 0 Å². The van der Waals surface area contributed by atoms with Crippen molar-refractivity contribution in [1.82, 2.24) is 14.5 Å². The van der Waals surface area contributed by atoms with Crippen molar-refractivity contribution in [3.8, 4) is 0 Å². The van der Waals surface area contributed by atoms with Gasteiger partial charge < -0.3 is 4.57 Å². The predicted molar refractivity (Wildman–Crippen MR) is 48.3 cm³/mol. The van der Waals surface area contributed by atoms with Gasteiger partial charge in [0, 0.05) is 12.7 Å². The molecule has 0 atom stereocenters. The van der Waals surface area contributed by atoms with Gasteiger partial charge in [0.2, 0.25) is 0 Å². The molecular weight excluding hydrogens is 174 g/mol. The fourth-order valence-corrected chi connectivity index (χ4v) is 1.49. The molecular formula is C8H8ClN3. The minimum Gasteiger partial charge on any atom is -0.334 e. The SMILES string of the molecule is Cc1cc2c(ncn2C)c(Cl)n1. The standard InChI is InChI=1S/C8H8ClN3/c1-5-3-6-7(8(9)11-5)10-4-12(6)2/h3-4H,1-2H3. The van der Waals surface area contributed by atoms with E-state index in [2.05, 4.69) is 9.97 Å². The summed E-state index contributed by atoms with van der Waals surface area (Å²) in [7, 11) is 1.94. The molecule has 0 radical (unpaired) electrons. The zero-order chi connectivity index (χ0) is 8.72. The van der Waals surface area contributed by atoms with Crippen LogP contribution >= 0.6 is 11.6 Å². The highest BCUT2D eigenvalue weighted by molar-refractivity contribution is 6.33. The Morgan fingerprint density at radius 2 is 2.25 bits per heavy atom. The lowest BCUT2D eigenvalue weighted by Crippen LogP contribution is -1.87. The summed E-state index contributed by atoms with van der Waals surface area (Å²) in [5.74, 6) is 0. The number of aryl methyl sites for hydroxylation is 2. The minimum absolute atomic E-state index is 0.477. The number of rotatable bonds is 0. The summed E-state index contributed by atoms with van der Waals surface area (Å²) in [6.45, 7) is 1.92. The molecule has 3 nitrogen and oxygen atoms in total. The first kappa shape index (κ1) is 7.55. The van der Waals surface area contributed by atoms with E-state index in [9.17, 15) is 0 Å². The normalized spacial score (nSPS) is 10.9. The van der Waals surface area contributed by atoms with E-state index in [1.165, 1.54) is 0 Å². The third-order valence-electron chi connectivity index (χ3n) is 1.80. The van der Waals surface area contributed by atoms with Crippen LogP contribution in [0.2, 0.25) is 5.15 Å². The van der Waals surface area contributed by atoms with Crippen molar-refractivity contribution in [1.29, 1.82) is 0 Å². The summed E-state index contributed by atoms with van der Waals surface area (Å²) in [5, 5.41) is 0.477. The first-order chi connectivity index (χ1) is 5.68. The highest BCUT2D eigenvalue weighted by Crippen LogP contribution is 2.19. The first-order valence-electron chi connectivity index (χ1n) is 3.62. The molecule has 0 spiro atoms. The number of hydrogen-bond acceptors (Lipinski definition) is 2. The fraction of sp³-hybridized carbons (Fsp3) is 0.250. The molecule has 0 N–H and O–H groups in total. The van der Waals surface area contributed by atoms with Gasteiger partial charge in [0.05, 0.1) is 11.8 Å². The van der Waals surface area contributed by atoms with Gasteiger partial charge in [-0.05, 0) is 13.0 Å². The quantitative estimate of drug-likeness (QED) is 0.582. The number of nitrogens with zero attached hydrogens (tertiary/aromatic N) is 3. The average Bonchev–Trinajstić information content (AvgIpc) is 2.33. The second-order valence-electron chi connectivity index (χ2n) is 2.78. The highest BCUT2D eigenvalue weighted by Gasteiger charge is 2.05. The number of imidazole rings is 1. The number of hydrogen-bond donors (Lipinski definition) is 0. The van der Waals surface area contributed by atoms with Gasteiger partial charge in [-0.1, -0.05) is 11.6 Å². The minimum atomic E-state index is 0.477. The van der Waals surface area contributed by atoms with Gasteiger partial charge in [0.1, 0.15) is 5.52 Å². The smallest absolute Gasteiger partial charge is 0.157 e. The average molecular weight is 182 g/mol. The van der Waals surface area contributed by atoms with E-state index in [4.69, 9.17) is 11.6 Å². The second kappa shape index (κ2) is 2.45. The molecule has 2 rings (SSSR count). The third kappa shape index (κ3) is 0.975. The van der Waals surface area contributed by atoms with Gasteiger partial charge in [0.15, 0.2) is 5.15 Å². The Labute approximate surface area is 75.0 Å². The molecule has 0 saturated carbocycles. The topological polar surface area (TPSA) is 30.7 Å². The summed E-state index contributed by atoms with van der Waals surface area (Å²) in [4.78, 5) is 8.23. The van der Waals surface area contributed by atoms with E-state index < -0.39 is 0 Å². The van der Waals surface area contributed by atoms with Crippen molar-refractivity contribution in [2.45, 2.75) is 6.92 Å². The molecule has 2 heterocycles. The largest absolute Gasteiger partial charge is 0.334 e. The van der Waals surface area contributed by atoms with E-state index >= 15 is 0 Å². The van der Waals surface area contributed by atoms with Crippen LogP contribution in [0.25, 0.3) is 11.0 Å². The summed E-state index contributed by atoms with van der Waals surface area (Å²) in [6, 6.07) is 1.97. The van der Waals surface area contributed by atoms with E-state index in [-0.39, 0.29) is 0 Å². The van der Waals surface area contributed by atoms with Crippen LogP contribution in [0.5, 0.6) is 0 Å². The molecule has 4 heteroatoms. The van der Waals surface area contributed by atoms with Crippen LogP contribution in [-0.4, -0.2) is 14.5 Å². The zero-order valence-electron chi connectivity index (χ0n) is 6.87. The van der Waals surface area contributed by atoms with Gasteiger partial charge in [-0.25, -0.2) is 9.97 Å². The molecule has 0 fully saturated rings. The molecule has 0 aliphatic carbocycles. The predicted octanol–water partition coefficient (Wildman–Crippen LogP) is 1.93. The van der Waals surface area contributed by atoms with Crippen LogP contribution in [-0.2, 0) is 7.05 Å². The molecule has 0 saturated heterocycles. The number of aromatic nitrogens is 3. The highest BCUT2D eigenvalue weighted by atomic mass is 35.5. The van der Waals surface area contributed by atoms with Crippen molar-refractivity contribution in [3.05, 3.63) is 23.2 Å². The van der Waals surface area contributed by atoms with Crippen LogP contribution in [0.1, 0.15) is 5.69 Å². The third-order valence-corrected chi connectivity index (χ3v) is 2.06. The van der Waals surface area contributed by atoms with E-state index in [1.807, 2.05) is 24.6 Å². The van der Waals surface area contributed by atoms with Crippen LogP contribution < -0.4 is 0 Å². The molecule has 0 aliphatic heterocycles. The maximum Gasteiger partial charge on any atom is 0.157 e. The monoisotopic (exact) mass is 181 g/mol. The molecule has 62 valence electrons. The summed E-state index contributed by atoms with van der Waals surface area (Å²) >= 11 is 5.89. The molecule has 2 aromatic rings. The molecule has 0 amide bonds. The lowest BCUT2D eigenvalue weighted by atomic mass is 10.3. The van der Waals surface area contributed by atoms with Crippen molar-refractivity contribution in [2.24, 2.45) is 7.05 Å². The van der Waals surface area contributed by atoms with Gasteiger partial charge in [-0.3, -0.25) is 0 Å². The Bertz CT molecular complexity index is 433. The number of fused-ring (bicyclic) bond motifs is 1. The van der Waals surface area contributed by atoms with Crippen LogP contribution in [0.3, 0.4) is 0 Å². The van der Waals surface area contributed by atoms with Gasteiger partial charge >= 0.3 is 0 Å². The summed E-state index contributed by atoms with van der Waals surface area (Å²) in [5.41, 5.74) is 2.70. The van der Waals surface area contributed by atoms with E-state index in [0.29, 0.717) is 5.15 Å². The maximum atomic E-state index is 5.89. The second-order valence-corrected chi connectivity index (χ2v) is 3.14. The lowest BCUT2D eigenvalue weighted by Gasteiger charge is -1.97. The molecule has 0 unspecified atom stereocenters. The van der Waals surface area contributed by atoms with Gasteiger partial charge in [0.25, 0.3) is 0 Å². The number of halogens is 1. The van der Waals surface area contributed by atoms with Crippen molar-refractivity contribution in [2.75, 3.05) is 0 Å². The van der Waals surface area contributed by atoms with Crippen LogP contribution in [0.4, 0.5) is 0 Å². The zero-order valence-corrected chi connectivity index (χ0v) is 7.63. The molecule has 0 bridgehead atoms. The molecule has 0 aromatic carbocycles. The Balaban J connectivity index is 2.92. The van der Waals surface area contributed by atoms with E-state index in [0.717, 1.165) is 16.7 Å². The molecule has 2 aromatic heterocycles. The number of pyridine rings is 1. The Morgan fingerprint density at radius 1 is 1.50 bits per heavy atom. The van der Waals surface area contributed by atoms with Gasteiger partial charge in [-0.15, -0.1) is 0 Å². The lowest BCUT2D eigenvalue weighted by molar-refractivity contribution is 0.946. The Morgan fingerprint density at radius 3 is 3.00 bits per heavy atom. The van der Waals surface area contributed by atoms with Crippen molar-refractivity contribution >= 4 is 22.6 Å². The summed E-state index contributed by atoms with van der Waals surface area (Å²) < 4.78 is 1.93. The van der Waals surface area contributed by atoms with Crippen LogP contribution in [0.15, 0.2) is 12.4 Å². The Hall–Kier alpha value is -1.09.